The molecule has 0 bridgehead atoms. The first-order chi connectivity index (χ1) is 12.0. The fourth-order valence-corrected chi connectivity index (χ4v) is 3.36. The van der Waals surface area contributed by atoms with Crippen LogP contribution in [0, 0.1) is 0 Å². The van der Waals surface area contributed by atoms with Gasteiger partial charge in [-0.05, 0) is 47.7 Å². The van der Waals surface area contributed by atoms with Crippen LogP contribution in [-0.2, 0) is 11.4 Å². The Morgan fingerprint density at radius 2 is 1.72 bits per heavy atom. The Morgan fingerprint density at radius 1 is 1.04 bits per heavy atom. The molecule has 1 aliphatic carbocycles. The zero-order chi connectivity index (χ0) is 17.9. The van der Waals surface area contributed by atoms with Crippen molar-refractivity contribution in [3.63, 3.8) is 0 Å². The van der Waals surface area contributed by atoms with Gasteiger partial charge < -0.3 is 16.2 Å². The third kappa shape index (κ3) is 3.56. The topological polar surface area (TPSA) is 92.4 Å². The average molecular weight is 338 g/mol. The average Bonchev–Trinajstić information content (AvgIpc) is 3.12. The van der Waals surface area contributed by atoms with Crippen LogP contribution in [0.25, 0.3) is 11.1 Å². The third-order valence-electron chi connectivity index (χ3n) is 4.87. The molecule has 2 aromatic rings. The Morgan fingerprint density at radius 3 is 2.32 bits per heavy atom. The molecule has 0 radical (unpaired) electrons. The van der Waals surface area contributed by atoms with E-state index in [1.54, 1.807) is 12.1 Å². The molecule has 3 rings (SSSR count). The van der Waals surface area contributed by atoms with Gasteiger partial charge >= 0.3 is 0 Å². The van der Waals surface area contributed by atoms with Crippen molar-refractivity contribution in [1.82, 2.24) is 5.32 Å². The Balaban J connectivity index is 1.77. The molecule has 0 atom stereocenters. The Hall–Kier alpha value is -2.66. The number of nitrogens with two attached hydrogens (primary N) is 1. The lowest BCUT2D eigenvalue weighted by Gasteiger charge is -2.26. The first-order valence-corrected chi connectivity index (χ1v) is 8.47. The molecule has 5 heteroatoms. The molecule has 1 fully saturated rings. The summed E-state index contributed by atoms with van der Waals surface area (Å²) in [5, 5.41) is 12.1. The lowest BCUT2D eigenvalue weighted by Crippen LogP contribution is -2.55. The molecule has 1 saturated carbocycles. The number of nitrogens with one attached hydrogen (secondary N) is 1. The fraction of sp³-hybridized carbons (Fsp3) is 0.300. The summed E-state index contributed by atoms with van der Waals surface area (Å²) in [4.78, 5) is 24.3. The summed E-state index contributed by atoms with van der Waals surface area (Å²) in [6.45, 7) is -0.0104. The van der Waals surface area contributed by atoms with Gasteiger partial charge in [-0.3, -0.25) is 9.59 Å². The molecule has 25 heavy (non-hydrogen) atoms. The summed E-state index contributed by atoms with van der Waals surface area (Å²) in [5.41, 5.74) is 7.86. The van der Waals surface area contributed by atoms with Gasteiger partial charge in [0.1, 0.15) is 5.54 Å². The van der Waals surface area contributed by atoms with E-state index < -0.39 is 11.4 Å². The second-order valence-electron chi connectivity index (χ2n) is 6.54. The predicted molar refractivity (Wildman–Crippen MR) is 95.7 cm³/mol. The number of aliphatic hydroxyl groups excluding tert-OH is 1. The number of benzene rings is 2. The quantitative estimate of drug-likeness (QED) is 0.781. The van der Waals surface area contributed by atoms with Crippen LogP contribution in [0.4, 0.5) is 0 Å². The molecule has 5 nitrogen and oxygen atoms in total. The van der Waals surface area contributed by atoms with E-state index in [2.05, 4.69) is 5.32 Å². The lowest BCUT2D eigenvalue weighted by atomic mass is 9.95. The van der Waals surface area contributed by atoms with Crippen LogP contribution >= 0.6 is 0 Å². The van der Waals surface area contributed by atoms with Crippen molar-refractivity contribution in [3.05, 3.63) is 59.7 Å². The molecule has 0 saturated heterocycles. The molecule has 4 N–H and O–H groups in total. The summed E-state index contributed by atoms with van der Waals surface area (Å²) >= 11 is 0. The summed E-state index contributed by atoms with van der Waals surface area (Å²) in [7, 11) is 0. The van der Waals surface area contributed by atoms with Crippen molar-refractivity contribution in [3.8, 4) is 11.1 Å². The minimum absolute atomic E-state index is 0.0104. The number of carbonyl (C=O) groups excluding carboxylic acids is 2. The van der Waals surface area contributed by atoms with Crippen molar-refractivity contribution >= 4 is 11.8 Å². The van der Waals surface area contributed by atoms with E-state index in [9.17, 15) is 14.7 Å². The molecular weight excluding hydrogens is 316 g/mol. The van der Waals surface area contributed by atoms with Gasteiger partial charge in [0.05, 0.1) is 6.61 Å². The molecule has 0 heterocycles. The first-order valence-electron chi connectivity index (χ1n) is 8.47. The van der Waals surface area contributed by atoms with Crippen molar-refractivity contribution < 1.29 is 14.7 Å². The summed E-state index contributed by atoms with van der Waals surface area (Å²) in [6.07, 6.45) is 2.98. The van der Waals surface area contributed by atoms with Crippen molar-refractivity contribution in [2.24, 2.45) is 5.73 Å². The minimum atomic E-state index is -0.911. The van der Waals surface area contributed by atoms with Crippen LogP contribution < -0.4 is 11.1 Å². The highest BCUT2D eigenvalue weighted by Crippen LogP contribution is 2.30. The number of carbonyl (C=O) groups is 2. The van der Waals surface area contributed by atoms with Crippen LogP contribution in [0.2, 0.25) is 0 Å². The first kappa shape index (κ1) is 17.2. The van der Waals surface area contributed by atoms with Crippen LogP contribution in [0.5, 0.6) is 0 Å². The van der Waals surface area contributed by atoms with E-state index >= 15 is 0 Å². The summed E-state index contributed by atoms with van der Waals surface area (Å²) < 4.78 is 0. The number of amides is 2. The van der Waals surface area contributed by atoms with Crippen LogP contribution in [-0.4, -0.2) is 22.5 Å². The van der Waals surface area contributed by atoms with Crippen LogP contribution in [0.1, 0.15) is 41.6 Å². The van der Waals surface area contributed by atoms with Gasteiger partial charge in [-0.2, -0.15) is 0 Å². The van der Waals surface area contributed by atoms with Gasteiger partial charge in [0.2, 0.25) is 5.91 Å². The van der Waals surface area contributed by atoms with Gasteiger partial charge in [-0.15, -0.1) is 0 Å². The van der Waals surface area contributed by atoms with Crippen molar-refractivity contribution in [1.29, 1.82) is 0 Å². The maximum atomic E-state index is 12.5. The fourth-order valence-electron chi connectivity index (χ4n) is 3.36. The van der Waals surface area contributed by atoms with E-state index in [0.29, 0.717) is 18.4 Å². The lowest BCUT2D eigenvalue weighted by molar-refractivity contribution is -0.123. The zero-order valence-electron chi connectivity index (χ0n) is 14.0. The van der Waals surface area contributed by atoms with E-state index in [0.717, 1.165) is 29.5 Å². The van der Waals surface area contributed by atoms with Gasteiger partial charge in [-0.25, -0.2) is 0 Å². The third-order valence-corrected chi connectivity index (χ3v) is 4.87. The SMILES string of the molecule is NC(=O)C1(NC(=O)c2ccc(-c3cccc(CO)c3)cc2)CCCC1. The molecule has 2 aromatic carbocycles. The van der Waals surface area contributed by atoms with E-state index in [-0.39, 0.29) is 12.5 Å². The van der Waals surface area contributed by atoms with E-state index in [1.165, 1.54) is 0 Å². The minimum Gasteiger partial charge on any atom is -0.392 e. The summed E-state index contributed by atoms with van der Waals surface area (Å²) in [6, 6.07) is 14.8. The van der Waals surface area contributed by atoms with E-state index in [4.69, 9.17) is 5.73 Å². The van der Waals surface area contributed by atoms with Crippen LogP contribution in [0.15, 0.2) is 48.5 Å². The predicted octanol–water partition coefficient (Wildman–Crippen LogP) is 2.37. The number of hydrogen-bond acceptors (Lipinski definition) is 3. The number of rotatable bonds is 5. The molecule has 2 amide bonds. The van der Waals surface area contributed by atoms with Gasteiger partial charge in [0.15, 0.2) is 0 Å². The maximum Gasteiger partial charge on any atom is 0.252 e. The van der Waals surface area contributed by atoms with Gasteiger partial charge in [0, 0.05) is 5.56 Å². The Bertz CT molecular complexity index is 778. The number of hydrogen-bond donors (Lipinski definition) is 3. The highest BCUT2D eigenvalue weighted by molar-refractivity contribution is 5.99. The second kappa shape index (κ2) is 7.07. The molecule has 0 spiro atoms. The molecule has 0 unspecified atom stereocenters. The van der Waals surface area contributed by atoms with Crippen molar-refractivity contribution in [2.45, 2.75) is 37.8 Å². The number of primary amides is 1. The highest BCUT2D eigenvalue weighted by atomic mass is 16.3. The monoisotopic (exact) mass is 338 g/mol. The second-order valence-corrected chi connectivity index (χ2v) is 6.54. The summed E-state index contributed by atoms with van der Waals surface area (Å²) in [5.74, 6) is -0.743. The number of aliphatic hydroxyl groups is 1. The molecular formula is C20H22N2O3. The van der Waals surface area contributed by atoms with E-state index in [1.807, 2.05) is 36.4 Å². The van der Waals surface area contributed by atoms with Gasteiger partial charge in [0.25, 0.3) is 5.91 Å². The zero-order valence-corrected chi connectivity index (χ0v) is 14.0. The molecule has 130 valence electrons. The Labute approximate surface area is 146 Å². The van der Waals surface area contributed by atoms with Crippen LogP contribution in [0.3, 0.4) is 0 Å². The normalized spacial score (nSPS) is 15.7. The molecule has 0 aromatic heterocycles. The van der Waals surface area contributed by atoms with Gasteiger partial charge in [-0.1, -0.05) is 43.2 Å². The largest absolute Gasteiger partial charge is 0.392 e. The maximum absolute atomic E-state index is 12.5. The smallest absolute Gasteiger partial charge is 0.252 e. The molecule has 0 aliphatic heterocycles. The standard InChI is InChI=1S/C20H22N2O3/c21-19(25)20(10-1-2-11-20)22-18(24)16-8-6-15(7-9-16)17-5-3-4-14(12-17)13-23/h3-9,12,23H,1-2,10-11,13H2,(H2,21,25)(H,22,24). The highest BCUT2D eigenvalue weighted by Gasteiger charge is 2.40. The Kier molecular flexibility index (Phi) is 4.86. The molecule has 1 aliphatic rings. The van der Waals surface area contributed by atoms with Crippen molar-refractivity contribution in [2.75, 3.05) is 0 Å².